The number of halogens is 1. The summed E-state index contributed by atoms with van der Waals surface area (Å²) >= 11 is 0. The van der Waals surface area contributed by atoms with Crippen LogP contribution in [-0.2, 0) is 0 Å². The lowest BCUT2D eigenvalue weighted by Gasteiger charge is -2.06. The zero-order chi connectivity index (χ0) is 17.3. The van der Waals surface area contributed by atoms with Crippen LogP contribution in [0.1, 0.15) is 28.7 Å². The molecule has 2 N–H and O–H groups in total. The molecule has 24 heavy (non-hydrogen) atoms. The fourth-order valence-electron chi connectivity index (χ4n) is 2.43. The van der Waals surface area contributed by atoms with Gasteiger partial charge in [-0.1, -0.05) is 6.07 Å². The van der Waals surface area contributed by atoms with Crippen molar-refractivity contribution in [2.75, 3.05) is 0 Å². The van der Waals surface area contributed by atoms with Gasteiger partial charge in [-0.15, -0.1) is 0 Å². The zero-order valence-electron chi connectivity index (χ0n) is 13.1. The third-order valence-corrected chi connectivity index (χ3v) is 3.59. The van der Waals surface area contributed by atoms with Gasteiger partial charge in [0.25, 0.3) is 5.91 Å². The predicted octanol–water partition coefficient (Wildman–Crippen LogP) is 2.64. The first-order chi connectivity index (χ1) is 11.5. The number of pyridine rings is 1. The van der Waals surface area contributed by atoms with Crippen molar-refractivity contribution in [1.29, 1.82) is 0 Å². The van der Waals surface area contributed by atoms with E-state index in [1.165, 1.54) is 6.07 Å². The van der Waals surface area contributed by atoms with E-state index in [4.69, 9.17) is 0 Å². The Hall–Kier alpha value is -3.22. The van der Waals surface area contributed by atoms with E-state index in [2.05, 4.69) is 15.5 Å². The van der Waals surface area contributed by atoms with Crippen molar-refractivity contribution in [2.45, 2.75) is 13.8 Å². The zero-order valence-corrected chi connectivity index (χ0v) is 13.1. The molecule has 0 spiro atoms. The second kappa shape index (κ2) is 6.11. The quantitative estimate of drug-likeness (QED) is 0.574. The van der Waals surface area contributed by atoms with Gasteiger partial charge in [-0.2, -0.15) is 5.10 Å². The number of rotatable bonds is 3. The van der Waals surface area contributed by atoms with Crippen LogP contribution in [0.25, 0.3) is 5.65 Å². The van der Waals surface area contributed by atoms with E-state index >= 15 is 0 Å². The largest absolute Gasteiger partial charge is 0.507 e. The number of phenols is 1. The highest BCUT2D eigenvalue weighted by Gasteiger charge is 2.16. The number of imidazole rings is 1. The highest BCUT2D eigenvalue weighted by atomic mass is 19.1. The molecule has 0 aliphatic carbocycles. The second-order valence-corrected chi connectivity index (χ2v) is 5.27. The van der Waals surface area contributed by atoms with Gasteiger partial charge in [0.2, 0.25) is 0 Å². The maximum Gasteiger partial charge on any atom is 0.290 e. The number of aryl methyl sites for hydroxylation is 1. The Bertz CT molecular complexity index is 962. The number of carbonyl (C=O) groups excluding carboxylic acids is 1. The summed E-state index contributed by atoms with van der Waals surface area (Å²) < 4.78 is 15.0. The van der Waals surface area contributed by atoms with Gasteiger partial charge in [0.1, 0.15) is 22.9 Å². The number of aromatic hydroxyl groups is 1. The minimum Gasteiger partial charge on any atom is -0.507 e. The molecule has 0 radical (unpaired) electrons. The number of aromatic nitrogens is 2. The van der Waals surface area contributed by atoms with Gasteiger partial charge in [0.05, 0.1) is 11.4 Å². The molecule has 0 unspecified atom stereocenters. The topological polar surface area (TPSA) is 79.0 Å². The summed E-state index contributed by atoms with van der Waals surface area (Å²) in [7, 11) is 0. The van der Waals surface area contributed by atoms with E-state index in [1.807, 2.05) is 6.07 Å². The van der Waals surface area contributed by atoms with E-state index in [-0.39, 0.29) is 17.0 Å². The molecule has 3 aromatic rings. The summed E-state index contributed by atoms with van der Waals surface area (Å²) in [4.78, 5) is 16.7. The number of nitrogens with one attached hydrogen (secondary N) is 1. The van der Waals surface area contributed by atoms with Gasteiger partial charge in [0, 0.05) is 11.8 Å². The van der Waals surface area contributed by atoms with Gasteiger partial charge >= 0.3 is 0 Å². The predicted molar refractivity (Wildman–Crippen MR) is 87.7 cm³/mol. The molecule has 2 aromatic heterocycles. The summed E-state index contributed by atoms with van der Waals surface area (Å²) in [6.45, 7) is 3.30. The number of fused-ring (bicyclic) bond motifs is 1. The van der Waals surface area contributed by atoms with E-state index < -0.39 is 11.7 Å². The molecule has 1 amide bonds. The Labute approximate surface area is 137 Å². The number of benzene rings is 1. The van der Waals surface area contributed by atoms with Crippen LogP contribution in [0.3, 0.4) is 0 Å². The molecule has 0 aliphatic heterocycles. The fraction of sp³-hybridized carbons (Fsp3) is 0.118. The molecule has 0 saturated carbocycles. The number of hydrogen-bond donors (Lipinski definition) is 2. The summed E-state index contributed by atoms with van der Waals surface area (Å²) in [6.07, 6.45) is 1.74. The van der Waals surface area contributed by atoms with Crippen molar-refractivity contribution in [3.05, 3.63) is 65.4 Å². The van der Waals surface area contributed by atoms with E-state index in [1.54, 1.807) is 36.6 Å². The smallest absolute Gasteiger partial charge is 0.290 e. The maximum atomic E-state index is 13.3. The number of carbonyl (C=O) groups is 1. The molecule has 0 fully saturated rings. The Morgan fingerprint density at radius 2 is 2.12 bits per heavy atom. The summed E-state index contributed by atoms with van der Waals surface area (Å²) in [5, 5.41) is 13.7. The Morgan fingerprint density at radius 1 is 1.33 bits per heavy atom. The first-order valence-electron chi connectivity index (χ1n) is 7.24. The van der Waals surface area contributed by atoms with E-state index in [0.717, 1.165) is 12.1 Å². The van der Waals surface area contributed by atoms with Crippen molar-refractivity contribution < 1.29 is 14.3 Å². The standard InChI is InChI=1S/C17H15FN4O2/c1-10(13-9-12(18)6-7-14(13)23)20-21-17(24)16-11(2)19-15-5-3-4-8-22(15)16/h3-9,23H,1-2H3,(H,21,24)/b20-10+. The fourth-order valence-corrected chi connectivity index (χ4v) is 2.43. The molecule has 6 nitrogen and oxygen atoms in total. The molecular weight excluding hydrogens is 311 g/mol. The van der Waals surface area contributed by atoms with Crippen molar-refractivity contribution >= 4 is 17.3 Å². The van der Waals surface area contributed by atoms with Gasteiger partial charge in [-0.05, 0) is 44.2 Å². The highest BCUT2D eigenvalue weighted by molar-refractivity contribution is 6.02. The van der Waals surface area contributed by atoms with E-state index in [9.17, 15) is 14.3 Å². The second-order valence-electron chi connectivity index (χ2n) is 5.27. The first-order valence-corrected chi connectivity index (χ1v) is 7.24. The maximum absolute atomic E-state index is 13.3. The lowest BCUT2D eigenvalue weighted by atomic mass is 10.1. The Morgan fingerprint density at radius 3 is 2.92 bits per heavy atom. The van der Waals surface area contributed by atoms with Crippen LogP contribution < -0.4 is 5.43 Å². The monoisotopic (exact) mass is 326 g/mol. The minimum absolute atomic E-state index is 0.113. The van der Waals surface area contributed by atoms with Crippen LogP contribution in [0.2, 0.25) is 0 Å². The number of phenolic OH excluding ortho intramolecular Hbond substituents is 1. The summed E-state index contributed by atoms with van der Waals surface area (Å²) in [5.74, 6) is -1.05. The SMILES string of the molecule is C/C(=N\NC(=O)c1c(C)nc2ccccn12)c1cc(F)ccc1O. The van der Waals surface area contributed by atoms with Crippen LogP contribution >= 0.6 is 0 Å². The molecule has 2 heterocycles. The molecule has 0 atom stereocenters. The van der Waals surface area contributed by atoms with Gasteiger partial charge in [-0.3, -0.25) is 9.20 Å². The third kappa shape index (κ3) is 2.83. The molecule has 0 aliphatic rings. The van der Waals surface area contributed by atoms with Crippen LogP contribution in [0.15, 0.2) is 47.7 Å². The highest BCUT2D eigenvalue weighted by Crippen LogP contribution is 2.18. The average Bonchev–Trinajstić information content (AvgIpc) is 2.90. The molecule has 122 valence electrons. The van der Waals surface area contributed by atoms with Crippen molar-refractivity contribution in [2.24, 2.45) is 5.10 Å². The molecule has 3 rings (SSSR count). The summed E-state index contributed by atoms with van der Waals surface area (Å²) in [6, 6.07) is 8.96. The molecular formula is C17H15FN4O2. The Balaban J connectivity index is 1.89. The number of amides is 1. The van der Waals surface area contributed by atoms with Crippen LogP contribution in [0.4, 0.5) is 4.39 Å². The van der Waals surface area contributed by atoms with Crippen molar-refractivity contribution in [1.82, 2.24) is 14.8 Å². The van der Waals surface area contributed by atoms with Gasteiger partial charge in [-0.25, -0.2) is 14.8 Å². The van der Waals surface area contributed by atoms with Crippen LogP contribution in [-0.4, -0.2) is 26.1 Å². The average molecular weight is 326 g/mol. The number of hydrazone groups is 1. The molecule has 1 aromatic carbocycles. The minimum atomic E-state index is -0.499. The third-order valence-electron chi connectivity index (χ3n) is 3.59. The molecule has 0 saturated heterocycles. The van der Waals surface area contributed by atoms with Crippen LogP contribution in [0.5, 0.6) is 5.75 Å². The summed E-state index contributed by atoms with van der Waals surface area (Å²) in [5.41, 5.74) is 4.51. The lowest BCUT2D eigenvalue weighted by molar-refractivity contribution is 0.0948. The normalized spacial score (nSPS) is 11.7. The van der Waals surface area contributed by atoms with Crippen molar-refractivity contribution in [3.63, 3.8) is 0 Å². The van der Waals surface area contributed by atoms with Crippen molar-refractivity contribution in [3.8, 4) is 5.75 Å². The van der Waals surface area contributed by atoms with Crippen LogP contribution in [0, 0.1) is 12.7 Å². The van der Waals surface area contributed by atoms with Gasteiger partial charge < -0.3 is 5.11 Å². The van der Waals surface area contributed by atoms with E-state index in [0.29, 0.717) is 17.0 Å². The number of nitrogens with zero attached hydrogens (tertiary/aromatic N) is 3. The Kier molecular flexibility index (Phi) is 3.99. The lowest BCUT2D eigenvalue weighted by Crippen LogP contribution is -2.22. The number of hydrogen-bond acceptors (Lipinski definition) is 4. The van der Waals surface area contributed by atoms with Gasteiger partial charge in [0.15, 0.2) is 0 Å². The molecule has 0 bridgehead atoms. The first kappa shape index (κ1) is 15.7. The molecule has 7 heteroatoms.